The van der Waals surface area contributed by atoms with Crippen LogP contribution in [0.1, 0.15) is 31.2 Å². The van der Waals surface area contributed by atoms with Crippen molar-refractivity contribution in [3.63, 3.8) is 0 Å². The maximum atomic E-state index is 5.33. The third kappa shape index (κ3) is 3.28. The zero-order valence-electron chi connectivity index (χ0n) is 12.2. The Morgan fingerprint density at radius 3 is 2.74 bits per heavy atom. The minimum Gasteiger partial charge on any atom is -0.497 e. The van der Waals surface area contributed by atoms with Crippen LogP contribution < -0.4 is 10.1 Å². The van der Waals surface area contributed by atoms with Crippen LogP contribution in [0.3, 0.4) is 0 Å². The Morgan fingerprint density at radius 1 is 1.32 bits per heavy atom. The maximum absolute atomic E-state index is 5.33. The lowest BCUT2D eigenvalue weighted by Gasteiger charge is -2.07. The molecule has 1 aromatic heterocycles. The molecule has 3 heteroatoms. The second-order valence-corrected chi connectivity index (χ2v) is 6.38. The summed E-state index contributed by atoms with van der Waals surface area (Å²) in [6.07, 6.45) is 1.08. The Bertz CT molecular complexity index is 545. The first kappa shape index (κ1) is 14.4. The number of thiophene rings is 1. The molecular weight excluding hydrogens is 254 g/mol. The molecular formula is C16H23NOS. The highest BCUT2D eigenvalue weighted by Gasteiger charge is 2.11. The molecule has 0 aliphatic rings. The van der Waals surface area contributed by atoms with E-state index in [4.69, 9.17) is 4.74 Å². The Balaban J connectivity index is 2.28. The van der Waals surface area contributed by atoms with Crippen molar-refractivity contribution >= 4 is 21.4 Å². The molecule has 2 aromatic rings. The topological polar surface area (TPSA) is 21.3 Å². The molecule has 104 valence electrons. The van der Waals surface area contributed by atoms with E-state index in [0.717, 1.165) is 25.3 Å². The molecule has 19 heavy (non-hydrogen) atoms. The van der Waals surface area contributed by atoms with Crippen molar-refractivity contribution < 1.29 is 4.74 Å². The van der Waals surface area contributed by atoms with Crippen molar-refractivity contribution in [2.45, 2.75) is 33.7 Å². The highest BCUT2D eigenvalue weighted by molar-refractivity contribution is 7.19. The summed E-state index contributed by atoms with van der Waals surface area (Å²) < 4.78 is 6.69. The van der Waals surface area contributed by atoms with E-state index in [1.165, 1.54) is 20.5 Å². The molecule has 0 saturated heterocycles. The van der Waals surface area contributed by atoms with Gasteiger partial charge in [-0.15, -0.1) is 11.3 Å². The van der Waals surface area contributed by atoms with Crippen LogP contribution in [-0.2, 0) is 13.0 Å². The van der Waals surface area contributed by atoms with Gasteiger partial charge in [-0.1, -0.05) is 20.8 Å². The number of aryl methyl sites for hydroxylation is 1. The number of rotatable bonds is 6. The first-order valence-corrected chi connectivity index (χ1v) is 7.76. The second-order valence-electron chi connectivity index (χ2n) is 5.24. The molecule has 0 bridgehead atoms. The quantitative estimate of drug-likeness (QED) is 0.853. The van der Waals surface area contributed by atoms with Crippen LogP contribution >= 0.6 is 11.3 Å². The van der Waals surface area contributed by atoms with Crippen LogP contribution in [0.4, 0.5) is 0 Å². The number of nitrogens with one attached hydrogen (secondary N) is 1. The summed E-state index contributed by atoms with van der Waals surface area (Å²) in [5.41, 5.74) is 1.47. The summed E-state index contributed by atoms with van der Waals surface area (Å²) >= 11 is 1.90. The first-order valence-electron chi connectivity index (χ1n) is 6.94. The SMILES string of the molecule is CCc1c(CNCC(C)C)sc2ccc(OC)cc12. The lowest BCUT2D eigenvalue weighted by Crippen LogP contribution is -2.18. The molecule has 0 spiro atoms. The van der Waals surface area contributed by atoms with E-state index in [2.05, 4.69) is 38.2 Å². The largest absolute Gasteiger partial charge is 0.497 e. The number of fused-ring (bicyclic) bond motifs is 1. The Morgan fingerprint density at radius 2 is 2.11 bits per heavy atom. The van der Waals surface area contributed by atoms with Crippen LogP contribution in [0.25, 0.3) is 10.1 Å². The molecule has 0 atom stereocenters. The molecule has 1 N–H and O–H groups in total. The predicted molar refractivity (Wildman–Crippen MR) is 84.3 cm³/mol. The van der Waals surface area contributed by atoms with Crippen LogP contribution in [0.5, 0.6) is 5.75 Å². The summed E-state index contributed by atoms with van der Waals surface area (Å²) in [7, 11) is 1.73. The average Bonchev–Trinajstić information content (AvgIpc) is 2.74. The molecule has 2 nitrogen and oxygen atoms in total. The van der Waals surface area contributed by atoms with Gasteiger partial charge in [-0.3, -0.25) is 0 Å². The summed E-state index contributed by atoms with van der Waals surface area (Å²) in [6.45, 7) is 8.75. The van der Waals surface area contributed by atoms with Crippen molar-refractivity contribution in [1.82, 2.24) is 5.32 Å². The Hall–Kier alpha value is -1.06. The molecule has 0 unspecified atom stereocenters. The molecule has 0 aliphatic carbocycles. The van der Waals surface area contributed by atoms with E-state index < -0.39 is 0 Å². The number of ether oxygens (including phenoxy) is 1. The van der Waals surface area contributed by atoms with Crippen molar-refractivity contribution in [3.8, 4) is 5.75 Å². The fraction of sp³-hybridized carbons (Fsp3) is 0.500. The average molecular weight is 277 g/mol. The molecule has 0 radical (unpaired) electrons. The van der Waals surface area contributed by atoms with Gasteiger partial charge >= 0.3 is 0 Å². The standard InChI is InChI=1S/C16H23NOS/c1-5-13-14-8-12(18-4)6-7-15(14)19-16(13)10-17-9-11(2)3/h6-8,11,17H,5,9-10H2,1-4H3. The fourth-order valence-corrected chi connectivity index (χ4v) is 3.56. The number of benzene rings is 1. The van der Waals surface area contributed by atoms with Gasteiger partial charge in [0.05, 0.1) is 7.11 Å². The number of hydrogen-bond donors (Lipinski definition) is 1. The minimum atomic E-state index is 0.694. The monoisotopic (exact) mass is 277 g/mol. The van der Waals surface area contributed by atoms with Gasteiger partial charge in [-0.25, -0.2) is 0 Å². The van der Waals surface area contributed by atoms with E-state index in [0.29, 0.717) is 5.92 Å². The molecule has 0 amide bonds. The molecule has 0 fully saturated rings. The number of methoxy groups -OCH3 is 1. The molecule has 0 aliphatic heterocycles. The van der Waals surface area contributed by atoms with E-state index in [-0.39, 0.29) is 0 Å². The van der Waals surface area contributed by atoms with Gasteiger partial charge in [0.1, 0.15) is 5.75 Å². The smallest absolute Gasteiger partial charge is 0.119 e. The summed E-state index contributed by atoms with van der Waals surface area (Å²) in [6, 6.07) is 6.38. The van der Waals surface area contributed by atoms with Crippen molar-refractivity contribution in [1.29, 1.82) is 0 Å². The van der Waals surface area contributed by atoms with Crippen molar-refractivity contribution in [2.75, 3.05) is 13.7 Å². The van der Waals surface area contributed by atoms with Gasteiger partial charge < -0.3 is 10.1 Å². The lowest BCUT2D eigenvalue weighted by atomic mass is 10.1. The fourth-order valence-electron chi connectivity index (χ4n) is 2.31. The maximum Gasteiger partial charge on any atom is 0.119 e. The zero-order chi connectivity index (χ0) is 13.8. The van der Waals surface area contributed by atoms with Crippen LogP contribution in [0, 0.1) is 5.92 Å². The summed E-state index contributed by atoms with van der Waals surface area (Å²) in [4.78, 5) is 1.46. The van der Waals surface area contributed by atoms with E-state index in [1.807, 2.05) is 17.4 Å². The van der Waals surface area contributed by atoms with Crippen molar-refractivity contribution in [3.05, 3.63) is 28.6 Å². The molecule has 1 heterocycles. The third-order valence-electron chi connectivity index (χ3n) is 3.27. The summed E-state index contributed by atoms with van der Waals surface area (Å²) in [5.74, 6) is 1.64. The Labute approximate surface area is 119 Å². The van der Waals surface area contributed by atoms with Gasteiger partial charge in [-0.05, 0) is 48.0 Å². The second kappa shape index (κ2) is 6.40. The third-order valence-corrected chi connectivity index (χ3v) is 4.49. The summed E-state index contributed by atoms with van der Waals surface area (Å²) in [5, 5.41) is 4.90. The van der Waals surface area contributed by atoms with Gasteiger partial charge in [0.15, 0.2) is 0 Å². The van der Waals surface area contributed by atoms with Crippen LogP contribution in [0.15, 0.2) is 18.2 Å². The van der Waals surface area contributed by atoms with Crippen LogP contribution in [0.2, 0.25) is 0 Å². The Kier molecular flexibility index (Phi) is 4.83. The van der Waals surface area contributed by atoms with Gasteiger partial charge in [-0.2, -0.15) is 0 Å². The van der Waals surface area contributed by atoms with Crippen LogP contribution in [-0.4, -0.2) is 13.7 Å². The number of hydrogen-bond acceptors (Lipinski definition) is 3. The molecule has 0 saturated carbocycles. The highest BCUT2D eigenvalue weighted by atomic mass is 32.1. The van der Waals surface area contributed by atoms with Gasteiger partial charge in [0.25, 0.3) is 0 Å². The van der Waals surface area contributed by atoms with E-state index in [9.17, 15) is 0 Å². The normalized spacial score (nSPS) is 11.4. The molecule has 2 rings (SSSR count). The highest BCUT2D eigenvalue weighted by Crippen LogP contribution is 2.34. The lowest BCUT2D eigenvalue weighted by molar-refractivity contribution is 0.415. The predicted octanol–water partition coefficient (Wildman–Crippen LogP) is 4.22. The van der Waals surface area contributed by atoms with E-state index >= 15 is 0 Å². The van der Waals surface area contributed by atoms with Gasteiger partial charge in [0, 0.05) is 16.1 Å². The van der Waals surface area contributed by atoms with Crippen molar-refractivity contribution in [2.24, 2.45) is 5.92 Å². The zero-order valence-corrected chi connectivity index (χ0v) is 13.1. The first-order chi connectivity index (χ1) is 9.15. The molecule has 1 aromatic carbocycles. The van der Waals surface area contributed by atoms with E-state index in [1.54, 1.807) is 7.11 Å². The van der Waals surface area contributed by atoms with Gasteiger partial charge in [0.2, 0.25) is 0 Å². The minimum absolute atomic E-state index is 0.694.